The minimum Gasteiger partial charge on any atom is -0.207 e. The lowest BCUT2D eigenvalue weighted by atomic mass is 10.1. The van der Waals surface area contributed by atoms with E-state index in [0.717, 1.165) is 30.3 Å². The van der Waals surface area contributed by atoms with Gasteiger partial charge in [-0.1, -0.05) is 23.7 Å². The molecule has 144 valence electrons. The van der Waals surface area contributed by atoms with Crippen molar-refractivity contribution < 1.29 is 22.0 Å². The maximum absolute atomic E-state index is 14.2. The van der Waals surface area contributed by atoms with Crippen LogP contribution in [-0.2, 0) is 0 Å². The summed E-state index contributed by atoms with van der Waals surface area (Å²) in [5, 5.41) is 0. The van der Waals surface area contributed by atoms with Crippen molar-refractivity contribution in [3.05, 3.63) is 105 Å². The molecule has 0 spiro atoms. The van der Waals surface area contributed by atoms with Gasteiger partial charge in [-0.25, -0.2) is 22.0 Å². The van der Waals surface area contributed by atoms with Crippen molar-refractivity contribution in [2.24, 2.45) is 0 Å². The zero-order valence-corrected chi connectivity index (χ0v) is 15.4. The van der Waals surface area contributed by atoms with Gasteiger partial charge in [-0.15, -0.1) is 0 Å². The molecule has 3 aromatic carbocycles. The Balaban J connectivity index is 1.88. The van der Waals surface area contributed by atoms with Crippen molar-refractivity contribution >= 4 is 0 Å². The van der Waals surface area contributed by atoms with E-state index in [9.17, 15) is 22.0 Å². The van der Waals surface area contributed by atoms with Crippen molar-refractivity contribution in [3.8, 4) is 23.7 Å². The molecule has 3 aromatic rings. The highest BCUT2D eigenvalue weighted by Gasteiger charge is 2.08. The normalized spacial score (nSPS) is 10.0. The van der Waals surface area contributed by atoms with E-state index in [-0.39, 0.29) is 22.3 Å². The van der Waals surface area contributed by atoms with Crippen molar-refractivity contribution in [3.63, 3.8) is 0 Å². The average molecular weight is 396 g/mol. The molecular weight excluding hydrogens is 383 g/mol. The zero-order valence-electron chi connectivity index (χ0n) is 15.4. The van der Waals surface area contributed by atoms with E-state index in [0.29, 0.717) is 5.56 Å². The molecule has 0 radical (unpaired) electrons. The molecule has 0 N–H and O–H groups in total. The molecule has 0 saturated heterocycles. The molecule has 0 aliphatic carbocycles. The van der Waals surface area contributed by atoms with Gasteiger partial charge >= 0.3 is 0 Å². The second-order valence-corrected chi connectivity index (χ2v) is 6.36. The van der Waals surface area contributed by atoms with Crippen molar-refractivity contribution in [1.29, 1.82) is 0 Å². The number of aryl methyl sites for hydroxylation is 1. The molecule has 0 bridgehead atoms. The van der Waals surface area contributed by atoms with Gasteiger partial charge in [0.05, 0.1) is 11.1 Å². The summed E-state index contributed by atoms with van der Waals surface area (Å²) in [4.78, 5) is 0. The molecule has 5 heteroatoms. The molecule has 0 aromatic heterocycles. The van der Waals surface area contributed by atoms with Gasteiger partial charge in [0, 0.05) is 16.7 Å². The number of halogens is 5. The van der Waals surface area contributed by atoms with Crippen LogP contribution in [0.4, 0.5) is 22.0 Å². The molecule has 0 atom stereocenters. The van der Waals surface area contributed by atoms with E-state index in [2.05, 4.69) is 23.7 Å². The van der Waals surface area contributed by atoms with Crippen molar-refractivity contribution in [2.75, 3.05) is 0 Å². The summed E-state index contributed by atoms with van der Waals surface area (Å²) in [6.07, 6.45) is 0. The van der Waals surface area contributed by atoms with Crippen LogP contribution in [0.2, 0.25) is 0 Å². The Morgan fingerprint density at radius 1 is 0.552 bits per heavy atom. The van der Waals surface area contributed by atoms with E-state index < -0.39 is 34.6 Å². The Morgan fingerprint density at radius 3 is 1.69 bits per heavy atom. The summed E-state index contributed by atoms with van der Waals surface area (Å²) in [6.45, 7) is 2.85. The van der Waals surface area contributed by atoms with E-state index in [1.807, 2.05) is 0 Å². The zero-order chi connectivity index (χ0) is 21.1. The smallest absolute Gasteiger partial charge is 0.142 e. The first-order valence-electron chi connectivity index (χ1n) is 8.49. The number of hydrogen-bond acceptors (Lipinski definition) is 0. The summed E-state index contributed by atoms with van der Waals surface area (Å²) in [5.41, 5.74) is 0.158. The molecule has 0 aliphatic rings. The first-order valence-corrected chi connectivity index (χ1v) is 8.49. The van der Waals surface area contributed by atoms with E-state index in [1.165, 1.54) is 19.1 Å². The minimum absolute atomic E-state index is 0.00959. The maximum Gasteiger partial charge on any atom is 0.142 e. The molecule has 0 nitrogen and oxygen atoms in total. The second kappa shape index (κ2) is 8.20. The average Bonchev–Trinajstić information content (AvgIpc) is 2.64. The molecule has 0 amide bonds. The fraction of sp³-hybridized carbons (Fsp3) is 0.0833. The van der Waals surface area contributed by atoms with Crippen LogP contribution in [0.1, 0.15) is 33.4 Å². The molecule has 29 heavy (non-hydrogen) atoms. The minimum atomic E-state index is -0.796. The number of benzene rings is 3. The summed E-state index contributed by atoms with van der Waals surface area (Å²) in [6, 6.07) is 8.26. The molecular formula is C24H13F5. The summed E-state index contributed by atoms with van der Waals surface area (Å²) in [5.74, 6) is 6.08. The van der Waals surface area contributed by atoms with Gasteiger partial charge < -0.3 is 0 Å². The van der Waals surface area contributed by atoms with Gasteiger partial charge in [-0.3, -0.25) is 0 Å². The highest BCUT2D eigenvalue weighted by Crippen LogP contribution is 2.16. The van der Waals surface area contributed by atoms with Crippen LogP contribution in [0.15, 0.2) is 42.5 Å². The first kappa shape index (κ1) is 20.2. The Labute approximate surface area is 165 Å². The monoisotopic (exact) mass is 396 g/mol. The standard InChI is InChI=1S/C24H13F5/c1-14-9-23(28)19(24(29)10-14)8-5-16-3-6-18(22(27)11-16)7-4-17-12-20(25)15(2)21(26)13-17/h3,6,9-13H,1-2H3. The van der Waals surface area contributed by atoms with Gasteiger partial charge in [0.2, 0.25) is 0 Å². The number of rotatable bonds is 0. The fourth-order valence-corrected chi connectivity index (χ4v) is 2.51. The fourth-order valence-electron chi connectivity index (χ4n) is 2.51. The highest BCUT2D eigenvalue weighted by molar-refractivity contribution is 5.49. The predicted octanol–water partition coefficient (Wildman–Crippen LogP) is 5.80. The summed E-state index contributed by atoms with van der Waals surface area (Å²) >= 11 is 0. The predicted molar refractivity (Wildman–Crippen MR) is 101 cm³/mol. The van der Waals surface area contributed by atoms with Crippen LogP contribution >= 0.6 is 0 Å². The van der Waals surface area contributed by atoms with Crippen LogP contribution in [0, 0.1) is 66.6 Å². The molecule has 0 heterocycles. The number of hydrogen-bond donors (Lipinski definition) is 0. The van der Waals surface area contributed by atoms with Crippen LogP contribution in [0.25, 0.3) is 0 Å². The third-order valence-corrected chi connectivity index (χ3v) is 4.11. The lowest BCUT2D eigenvalue weighted by Gasteiger charge is -2.00. The topological polar surface area (TPSA) is 0 Å². The van der Waals surface area contributed by atoms with Crippen LogP contribution in [0.5, 0.6) is 0 Å². The van der Waals surface area contributed by atoms with Crippen LogP contribution in [0.3, 0.4) is 0 Å². The molecule has 0 fully saturated rings. The Morgan fingerprint density at radius 2 is 1.10 bits per heavy atom. The SMILES string of the molecule is Cc1cc(F)c(C#Cc2ccc(C#Cc3cc(F)c(C)c(F)c3)c(F)c2)c(F)c1. The van der Waals surface area contributed by atoms with Crippen LogP contribution in [-0.4, -0.2) is 0 Å². The Bertz CT molecular complexity index is 1190. The van der Waals surface area contributed by atoms with Gasteiger partial charge in [0.1, 0.15) is 29.1 Å². The highest BCUT2D eigenvalue weighted by atomic mass is 19.1. The van der Waals surface area contributed by atoms with Crippen molar-refractivity contribution in [2.45, 2.75) is 13.8 Å². The van der Waals surface area contributed by atoms with Crippen molar-refractivity contribution in [1.82, 2.24) is 0 Å². The third-order valence-electron chi connectivity index (χ3n) is 4.11. The largest absolute Gasteiger partial charge is 0.207 e. The van der Waals surface area contributed by atoms with Crippen LogP contribution < -0.4 is 0 Å². The second-order valence-electron chi connectivity index (χ2n) is 6.36. The summed E-state index contributed by atoms with van der Waals surface area (Å²) in [7, 11) is 0. The Hall–Kier alpha value is -3.57. The van der Waals surface area contributed by atoms with E-state index >= 15 is 0 Å². The first-order chi connectivity index (χ1) is 13.7. The van der Waals surface area contributed by atoms with Gasteiger partial charge in [-0.05, 0) is 61.9 Å². The third kappa shape index (κ3) is 4.65. The van der Waals surface area contributed by atoms with Gasteiger partial charge in [-0.2, -0.15) is 0 Å². The molecule has 0 aliphatic heterocycles. The lowest BCUT2D eigenvalue weighted by molar-refractivity contribution is 0.567. The van der Waals surface area contributed by atoms with E-state index in [1.54, 1.807) is 6.92 Å². The summed E-state index contributed by atoms with van der Waals surface area (Å²) < 4.78 is 69.0. The lowest BCUT2D eigenvalue weighted by Crippen LogP contribution is -1.92. The van der Waals surface area contributed by atoms with E-state index in [4.69, 9.17) is 0 Å². The Kier molecular flexibility index (Phi) is 5.71. The molecule has 0 saturated carbocycles. The van der Waals surface area contributed by atoms with Gasteiger partial charge in [0.25, 0.3) is 0 Å². The quantitative estimate of drug-likeness (QED) is 0.333. The molecule has 0 unspecified atom stereocenters. The molecule has 3 rings (SSSR count). The van der Waals surface area contributed by atoms with Gasteiger partial charge in [0.15, 0.2) is 0 Å². The maximum atomic E-state index is 14.2.